The van der Waals surface area contributed by atoms with Gasteiger partial charge >= 0.3 is 0 Å². The topological polar surface area (TPSA) is 66.8 Å². The van der Waals surface area contributed by atoms with E-state index in [2.05, 4.69) is 15.3 Å². The van der Waals surface area contributed by atoms with Crippen molar-refractivity contribution in [2.45, 2.75) is 0 Å². The zero-order valence-electron chi connectivity index (χ0n) is 17.9. The second kappa shape index (κ2) is 9.10. The molecule has 0 amide bonds. The van der Waals surface area contributed by atoms with Crippen molar-refractivity contribution >= 4 is 39.7 Å². The third kappa shape index (κ3) is 4.40. The van der Waals surface area contributed by atoms with Crippen LogP contribution < -0.4 is 10.2 Å². The van der Waals surface area contributed by atoms with Crippen LogP contribution in [0.4, 0.5) is 11.4 Å². The number of para-hydroxylation sites is 1. The van der Waals surface area contributed by atoms with Gasteiger partial charge in [-0.3, -0.25) is 9.97 Å². The Morgan fingerprint density at radius 1 is 0.727 bits per heavy atom. The monoisotopic (exact) mass is 448 g/mol. The van der Waals surface area contributed by atoms with Crippen molar-refractivity contribution in [3.05, 3.63) is 97.3 Å². The molecule has 5 aromatic rings. The Balaban J connectivity index is 1.54. The minimum absolute atomic E-state index is 0.587. The molecule has 1 N–H and O–H groups in total. The number of thiocarbonyl (C=S) groups is 1. The standard InChI is InChI=1S/C26H20N6S/c1-32(19-9-3-2-4-10-19)26(33)29-18-13-14-20-23(17-18)31-25(22-12-6-8-16-28-22)24(30-20)21-11-5-7-15-27-21/h2-17H,1H3,(H,29,33). The smallest absolute Gasteiger partial charge is 0.177 e. The van der Waals surface area contributed by atoms with E-state index in [1.54, 1.807) is 12.4 Å². The summed E-state index contributed by atoms with van der Waals surface area (Å²) < 4.78 is 0. The highest BCUT2D eigenvalue weighted by atomic mass is 32.1. The van der Waals surface area contributed by atoms with Crippen molar-refractivity contribution < 1.29 is 0 Å². The van der Waals surface area contributed by atoms with E-state index in [-0.39, 0.29) is 0 Å². The third-order valence-corrected chi connectivity index (χ3v) is 5.55. The van der Waals surface area contributed by atoms with Gasteiger partial charge < -0.3 is 10.2 Å². The van der Waals surface area contributed by atoms with Gasteiger partial charge in [-0.05, 0) is 66.8 Å². The Kier molecular flexibility index (Phi) is 5.70. The molecule has 0 unspecified atom stereocenters. The molecule has 0 aliphatic rings. The number of nitrogens with zero attached hydrogens (tertiary/aromatic N) is 5. The van der Waals surface area contributed by atoms with Gasteiger partial charge in [0.05, 0.1) is 22.4 Å². The molecule has 0 aliphatic carbocycles. The molecule has 0 atom stereocenters. The SMILES string of the molecule is CN(C(=S)Nc1ccc2nc(-c3ccccn3)c(-c3ccccn3)nc2c1)c1ccccc1. The van der Waals surface area contributed by atoms with E-state index < -0.39 is 0 Å². The first kappa shape index (κ1) is 20.7. The predicted molar refractivity (Wildman–Crippen MR) is 137 cm³/mol. The first-order valence-corrected chi connectivity index (χ1v) is 10.8. The quantitative estimate of drug-likeness (QED) is 0.360. The molecule has 0 saturated carbocycles. The maximum atomic E-state index is 5.61. The Morgan fingerprint density at radius 3 is 1.94 bits per heavy atom. The van der Waals surface area contributed by atoms with E-state index in [0.717, 1.165) is 33.8 Å². The maximum Gasteiger partial charge on any atom is 0.177 e. The number of fused-ring (bicyclic) bond motifs is 1. The minimum atomic E-state index is 0.587. The molecule has 2 aromatic carbocycles. The van der Waals surface area contributed by atoms with Gasteiger partial charge in [-0.25, -0.2) is 9.97 Å². The van der Waals surface area contributed by atoms with Crippen LogP contribution in [-0.2, 0) is 0 Å². The van der Waals surface area contributed by atoms with E-state index in [4.69, 9.17) is 22.2 Å². The molecule has 160 valence electrons. The van der Waals surface area contributed by atoms with Crippen LogP contribution >= 0.6 is 12.2 Å². The Bertz CT molecular complexity index is 1410. The van der Waals surface area contributed by atoms with Gasteiger partial charge in [0.2, 0.25) is 0 Å². The van der Waals surface area contributed by atoms with Crippen LogP contribution in [0.2, 0.25) is 0 Å². The lowest BCUT2D eigenvalue weighted by molar-refractivity contribution is 1.21. The fourth-order valence-electron chi connectivity index (χ4n) is 3.47. The highest BCUT2D eigenvalue weighted by molar-refractivity contribution is 7.80. The number of hydrogen-bond acceptors (Lipinski definition) is 5. The number of anilines is 2. The van der Waals surface area contributed by atoms with Crippen molar-refractivity contribution in [1.82, 2.24) is 19.9 Å². The summed E-state index contributed by atoms with van der Waals surface area (Å²) in [4.78, 5) is 20.7. The fraction of sp³-hybridized carbons (Fsp3) is 0.0385. The molecule has 33 heavy (non-hydrogen) atoms. The van der Waals surface area contributed by atoms with E-state index in [0.29, 0.717) is 16.5 Å². The molecule has 0 saturated heterocycles. The van der Waals surface area contributed by atoms with Gasteiger partial charge in [0.25, 0.3) is 0 Å². The molecule has 0 spiro atoms. The van der Waals surface area contributed by atoms with Crippen LogP contribution in [-0.4, -0.2) is 32.1 Å². The van der Waals surface area contributed by atoms with Crippen molar-refractivity contribution in [2.75, 3.05) is 17.3 Å². The van der Waals surface area contributed by atoms with Crippen molar-refractivity contribution in [3.63, 3.8) is 0 Å². The number of rotatable bonds is 4. The number of benzene rings is 2. The summed E-state index contributed by atoms with van der Waals surface area (Å²) in [6, 6.07) is 27.3. The molecule has 0 radical (unpaired) electrons. The third-order valence-electron chi connectivity index (χ3n) is 5.18. The molecule has 0 aliphatic heterocycles. The first-order valence-electron chi connectivity index (χ1n) is 10.4. The van der Waals surface area contributed by atoms with Crippen LogP contribution in [0.25, 0.3) is 33.8 Å². The second-order valence-electron chi connectivity index (χ2n) is 7.38. The van der Waals surface area contributed by atoms with Crippen LogP contribution in [0.1, 0.15) is 0 Å². The summed E-state index contributed by atoms with van der Waals surface area (Å²) in [6.07, 6.45) is 3.50. The summed E-state index contributed by atoms with van der Waals surface area (Å²) in [5.41, 5.74) is 6.22. The zero-order chi connectivity index (χ0) is 22.6. The Hall–Kier alpha value is -4.23. The van der Waals surface area contributed by atoms with Crippen molar-refractivity contribution in [2.24, 2.45) is 0 Å². The second-order valence-corrected chi connectivity index (χ2v) is 7.77. The molecule has 0 bridgehead atoms. The van der Waals surface area contributed by atoms with E-state index >= 15 is 0 Å². The Labute approximate surface area is 197 Å². The molecular formula is C26H20N6S. The summed E-state index contributed by atoms with van der Waals surface area (Å²) >= 11 is 5.61. The van der Waals surface area contributed by atoms with E-state index in [9.17, 15) is 0 Å². The summed E-state index contributed by atoms with van der Waals surface area (Å²) in [5, 5.41) is 3.89. The molecule has 5 rings (SSSR count). The lowest BCUT2D eigenvalue weighted by atomic mass is 10.1. The van der Waals surface area contributed by atoms with Gasteiger partial charge in [-0.15, -0.1) is 0 Å². The summed E-state index contributed by atoms with van der Waals surface area (Å²) in [7, 11) is 1.93. The van der Waals surface area contributed by atoms with Crippen LogP contribution in [0.15, 0.2) is 97.3 Å². The number of pyridine rings is 2. The van der Waals surface area contributed by atoms with Gasteiger partial charge in [0.1, 0.15) is 11.4 Å². The number of aromatic nitrogens is 4. The number of nitrogens with one attached hydrogen (secondary N) is 1. The maximum absolute atomic E-state index is 5.61. The zero-order valence-corrected chi connectivity index (χ0v) is 18.7. The van der Waals surface area contributed by atoms with Gasteiger partial charge in [0.15, 0.2) is 5.11 Å². The van der Waals surface area contributed by atoms with E-state index in [1.807, 2.05) is 96.9 Å². The largest absolute Gasteiger partial charge is 0.332 e. The molecule has 3 heterocycles. The molecule has 7 heteroatoms. The highest BCUT2D eigenvalue weighted by Crippen LogP contribution is 2.29. The van der Waals surface area contributed by atoms with Crippen LogP contribution in [0, 0.1) is 0 Å². The average molecular weight is 449 g/mol. The van der Waals surface area contributed by atoms with Crippen molar-refractivity contribution in [1.29, 1.82) is 0 Å². The van der Waals surface area contributed by atoms with Crippen LogP contribution in [0.5, 0.6) is 0 Å². The molecule has 6 nitrogen and oxygen atoms in total. The van der Waals surface area contributed by atoms with E-state index in [1.165, 1.54) is 0 Å². The normalized spacial score (nSPS) is 10.7. The lowest BCUT2D eigenvalue weighted by Gasteiger charge is -2.21. The highest BCUT2D eigenvalue weighted by Gasteiger charge is 2.15. The van der Waals surface area contributed by atoms with Gasteiger partial charge in [0, 0.05) is 30.8 Å². The fourth-order valence-corrected chi connectivity index (χ4v) is 3.69. The molecule has 0 fully saturated rings. The number of hydrogen-bond donors (Lipinski definition) is 1. The predicted octanol–water partition coefficient (Wildman–Crippen LogP) is 5.59. The van der Waals surface area contributed by atoms with Crippen molar-refractivity contribution in [3.8, 4) is 22.8 Å². The Morgan fingerprint density at radius 2 is 1.33 bits per heavy atom. The molecule has 3 aromatic heterocycles. The summed E-state index contributed by atoms with van der Waals surface area (Å²) in [6.45, 7) is 0. The van der Waals surface area contributed by atoms with Gasteiger partial charge in [-0.1, -0.05) is 30.3 Å². The van der Waals surface area contributed by atoms with Gasteiger partial charge in [-0.2, -0.15) is 0 Å². The molecular weight excluding hydrogens is 428 g/mol. The first-order chi connectivity index (χ1) is 16.2. The summed E-state index contributed by atoms with van der Waals surface area (Å²) in [5.74, 6) is 0. The lowest BCUT2D eigenvalue weighted by Crippen LogP contribution is -2.30. The average Bonchev–Trinajstić information content (AvgIpc) is 2.89. The van der Waals surface area contributed by atoms with Crippen LogP contribution in [0.3, 0.4) is 0 Å². The minimum Gasteiger partial charge on any atom is -0.332 e.